The number of allylic oxidation sites excluding steroid dienone is 4. The Labute approximate surface area is 202 Å². The van der Waals surface area contributed by atoms with Crippen LogP contribution in [-0.4, -0.2) is 74.8 Å². The van der Waals surface area contributed by atoms with Crippen LogP contribution < -0.4 is 16.4 Å². The molecule has 2 aliphatic rings. The highest BCUT2D eigenvalue weighted by molar-refractivity contribution is 6.52. The molecular formula is C21H32B6N4O2. The van der Waals surface area contributed by atoms with Gasteiger partial charge in [-0.3, -0.25) is 10.2 Å². The van der Waals surface area contributed by atoms with Gasteiger partial charge in [-0.2, -0.15) is 0 Å². The normalized spacial score (nSPS) is 34.0. The predicted octanol–water partition coefficient (Wildman–Crippen LogP) is -3.76. The summed E-state index contributed by atoms with van der Waals surface area (Å²) in [6.07, 6.45) is 6.75. The van der Waals surface area contributed by atoms with Crippen LogP contribution in [0.3, 0.4) is 0 Å². The molecule has 1 fully saturated rings. The first-order valence-corrected chi connectivity index (χ1v) is 11.4. The number of piperidine rings is 1. The molecule has 166 valence electrons. The zero-order chi connectivity index (χ0) is 25.0. The molecule has 1 heterocycles. The van der Waals surface area contributed by atoms with Crippen molar-refractivity contribution in [3.63, 3.8) is 0 Å². The summed E-state index contributed by atoms with van der Waals surface area (Å²) in [4.78, 5) is 11.5. The summed E-state index contributed by atoms with van der Waals surface area (Å²) >= 11 is 0. The SMILES string of the molecule is BC1(B)NC(B)(O)C(B)(B)C(B)(C)C1(C)c1ccc(N/C=C2/C=CC=C(C(N)=O)C2=N)cc1. The van der Waals surface area contributed by atoms with Gasteiger partial charge >= 0.3 is 0 Å². The van der Waals surface area contributed by atoms with Gasteiger partial charge in [-0.05, 0) is 34.5 Å². The van der Waals surface area contributed by atoms with E-state index in [2.05, 4.69) is 75.8 Å². The van der Waals surface area contributed by atoms with Crippen molar-refractivity contribution >= 4 is 64.4 Å². The number of carbonyl (C=O) groups is 1. The van der Waals surface area contributed by atoms with E-state index in [-0.39, 0.29) is 27.4 Å². The van der Waals surface area contributed by atoms with Crippen LogP contribution in [0, 0.1) is 5.41 Å². The largest absolute Gasteiger partial charge is 0.385 e. The molecule has 1 aliphatic carbocycles. The summed E-state index contributed by atoms with van der Waals surface area (Å²) in [5, 5.41) is 25.2. The second kappa shape index (κ2) is 7.88. The molecule has 0 bridgehead atoms. The Balaban J connectivity index is 1.92. The maximum atomic E-state index is 11.5. The van der Waals surface area contributed by atoms with Gasteiger partial charge in [0.15, 0.2) is 7.85 Å². The second-order valence-electron chi connectivity index (χ2n) is 11.2. The highest BCUT2D eigenvalue weighted by Gasteiger charge is 2.66. The van der Waals surface area contributed by atoms with Crippen LogP contribution in [-0.2, 0) is 10.2 Å². The standard InChI is InChI=1S/C21H32B6N4O2/c1-17(18(2,22)19(23,24)21(27,33)31-20(17,25)26)12-6-8-13(9-7-12)30-10-11-4-3-5-14(15(11)28)16(29)32/h3-10,28,30-31,33H,22-27H2,1-2H3,(H2,29,32)/b11-10-,28-15?. The molecule has 1 aromatic carbocycles. The molecule has 6 nitrogen and oxygen atoms in total. The molecule has 12 heteroatoms. The van der Waals surface area contributed by atoms with Gasteiger partial charge in [0.2, 0.25) is 0 Å². The Morgan fingerprint density at radius 2 is 1.70 bits per heavy atom. The first-order valence-electron chi connectivity index (χ1n) is 11.4. The van der Waals surface area contributed by atoms with Gasteiger partial charge < -0.3 is 21.5 Å². The summed E-state index contributed by atoms with van der Waals surface area (Å²) in [5.41, 5.74) is 6.98. The number of nitrogens with two attached hydrogens (primary N) is 1. The summed E-state index contributed by atoms with van der Waals surface area (Å²) < 4.78 is 0. The first-order chi connectivity index (χ1) is 15.0. The minimum atomic E-state index is -1.02. The minimum absolute atomic E-state index is 0.104. The molecule has 0 spiro atoms. The van der Waals surface area contributed by atoms with Crippen molar-refractivity contribution < 1.29 is 9.90 Å². The highest BCUT2D eigenvalue weighted by Crippen LogP contribution is 2.66. The number of anilines is 1. The van der Waals surface area contributed by atoms with Gasteiger partial charge in [-0.1, -0.05) is 48.7 Å². The molecule has 1 saturated heterocycles. The fraction of sp³-hybridized carbons (Fsp3) is 0.333. The molecule has 0 radical (unpaired) electrons. The number of carbonyl (C=O) groups excluding carboxylic acids is 1. The number of rotatable bonds is 4. The van der Waals surface area contributed by atoms with Crippen LogP contribution in [0.15, 0.2) is 59.8 Å². The third-order valence-corrected chi connectivity index (χ3v) is 9.05. The molecular weight excluding hydrogens is 405 g/mol. The monoisotopic (exact) mass is 438 g/mol. The Bertz CT molecular complexity index is 1090. The quantitative estimate of drug-likeness (QED) is 0.312. The van der Waals surface area contributed by atoms with Gasteiger partial charge in [0, 0.05) is 17.5 Å². The van der Waals surface area contributed by atoms with Crippen LogP contribution in [0.5, 0.6) is 0 Å². The van der Waals surface area contributed by atoms with E-state index in [1.165, 1.54) is 5.56 Å². The van der Waals surface area contributed by atoms with E-state index in [0.29, 0.717) is 5.57 Å². The number of aliphatic hydroxyl groups is 1. The lowest BCUT2D eigenvalue weighted by Crippen LogP contribution is -2.81. The van der Waals surface area contributed by atoms with Crippen molar-refractivity contribution in [1.29, 1.82) is 5.41 Å². The molecule has 0 saturated carbocycles. The summed E-state index contributed by atoms with van der Waals surface area (Å²) in [5.74, 6) is -0.610. The Hall–Kier alpha value is -2.31. The zero-order valence-electron chi connectivity index (χ0n) is 21.1. The average molecular weight is 437 g/mol. The van der Waals surface area contributed by atoms with Crippen LogP contribution in [0.4, 0.5) is 5.69 Å². The smallest absolute Gasteiger partial charge is 0.250 e. The Morgan fingerprint density at radius 3 is 2.24 bits per heavy atom. The van der Waals surface area contributed by atoms with Crippen molar-refractivity contribution in [2.45, 2.75) is 40.8 Å². The molecule has 3 atom stereocenters. The van der Waals surface area contributed by atoms with Gasteiger partial charge in [-0.15, -0.1) is 0 Å². The van der Waals surface area contributed by atoms with E-state index in [0.717, 1.165) is 5.69 Å². The number of hydrogen-bond acceptors (Lipinski definition) is 5. The lowest BCUT2D eigenvalue weighted by Gasteiger charge is -2.71. The lowest BCUT2D eigenvalue weighted by atomic mass is 9.19. The average Bonchev–Trinajstić information content (AvgIpc) is 2.70. The van der Waals surface area contributed by atoms with E-state index in [4.69, 9.17) is 11.1 Å². The van der Waals surface area contributed by atoms with Gasteiger partial charge in [0.1, 0.15) is 39.2 Å². The first kappa shape index (κ1) is 25.3. The fourth-order valence-corrected chi connectivity index (χ4v) is 5.58. The van der Waals surface area contributed by atoms with Crippen molar-refractivity contribution in [2.24, 2.45) is 5.73 Å². The molecule has 3 rings (SSSR count). The van der Waals surface area contributed by atoms with E-state index < -0.39 is 16.7 Å². The molecule has 3 unspecified atom stereocenters. The minimum Gasteiger partial charge on any atom is -0.385 e. The lowest BCUT2D eigenvalue weighted by molar-refractivity contribution is -0.114. The number of amides is 1. The van der Waals surface area contributed by atoms with E-state index >= 15 is 0 Å². The third kappa shape index (κ3) is 3.68. The number of benzene rings is 1. The second-order valence-corrected chi connectivity index (χ2v) is 11.2. The zero-order valence-corrected chi connectivity index (χ0v) is 21.1. The maximum Gasteiger partial charge on any atom is 0.250 e. The molecule has 0 aromatic heterocycles. The van der Waals surface area contributed by atoms with Gasteiger partial charge in [-0.25, -0.2) is 0 Å². The van der Waals surface area contributed by atoms with Crippen molar-refractivity contribution in [3.8, 4) is 0 Å². The van der Waals surface area contributed by atoms with Gasteiger partial charge in [0.05, 0.1) is 16.9 Å². The molecule has 1 aliphatic heterocycles. The maximum absolute atomic E-state index is 11.5. The van der Waals surface area contributed by atoms with Crippen LogP contribution >= 0.6 is 0 Å². The Morgan fingerprint density at radius 1 is 1.12 bits per heavy atom. The summed E-state index contributed by atoms with van der Waals surface area (Å²) in [7, 11) is 12.7. The topological polar surface area (TPSA) is 111 Å². The van der Waals surface area contributed by atoms with E-state index in [1.807, 2.05) is 20.0 Å². The Kier molecular flexibility index (Phi) is 6.04. The van der Waals surface area contributed by atoms with E-state index in [1.54, 1.807) is 24.4 Å². The van der Waals surface area contributed by atoms with E-state index in [9.17, 15) is 9.90 Å². The van der Waals surface area contributed by atoms with Crippen LogP contribution in [0.1, 0.15) is 19.4 Å². The molecule has 1 aromatic rings. The number of hydrogen-bond donors (Lipinski definition) is 5. The van der Waals surface area contributed by atoms with Crippen molar-refractivity contribution in [2.75, 3.05) is 5.32 Å². The fourth-order valence-electron chi connectivity index (χ4n) is 5.58. The van der Waals surface area contributed by atoms with Gasteiger partial charge in [0.25, 0.3) is 5.91 Å². The predicted molar refractivity (Wildman–Crippen MR) is 153 cm³/mol. The summed E-state index contributed by atoms with van der Waals surface area (Å²) in [6, 6.07) is 8.28. The highest BCUT2D eigenvalue weighted by atomic mass is 16.3. The van der Waals surface area contributed by atoms with Crippen LogP contribution in [0.2, 0.25) is 10.5 Å². The number of primary amides is 1. The molecule has 1 amide bonds. The van der Waals surface area contributed by atoms with Crippen LogP contribution in [0.25, 0.3) is 0 Å². The van der Waals surface area contributed by atoms with Crippen molar-refractivity contribution in [3.05, 3.63) is 65.4 Å². The van der Waals surface area contributed by atoms with Crippen molar-refractivity contribution in [1.82, 2.24) is 5.32 Å². The molecule has 6 N–H and O–H groups in total. The molecule has 33 heavy (non-hydrogen) atoms. The summed E-state index contributed by atoms with van der Waals surface area (Å²) in [6.45, 7) is 4.51. The number of nitrogens with one attached hydrogen (secondary N) is 3. The third-order valence-electron chi connectivity index (χ3n) is 9.05.